The van der Waals surface area contributed by atoms with Gasteiger partial charge in [0.1, 0.15) is 5.75 Å². The Labute approximate surface area is 162 Å². The lowest BCUT2D eigenvalue weighted by atomic mass is 9.74. The largest absolute Gasteiger partial charge is 0.497 e. The molecule has 1 amide bonds. The van der Waals surface area contributed by atoms with E-state index < -0.39 is 0 Å². The van der Waals surface area contributed by atoms with E-state index in [4.69, 9.17) is 9.47 Å². The lowest BCUT2D eigenvalue weighted by Gasteiger charge is -2.38. The van der Waals surface area contributed by atoms with Crippen LogP contribution in [0.2, 0.25) is 0 Å². The maximum atomic E-state index is 12.7. The monoisotopic (exact) mass is 382 g/mol. The number of carbonyl (C=O) groups excluding carboxylic acids is 1. The van der Waals surface area contributed by atoms with E-state index in [9.17, 15) is 4.79 Å². The number of nitrogens with one attached hydrogen (secondary N) is 2. The zero-order valence-electron chi connectivity index (χ0n) is 15.8. The molecular formula is C20H31ClN2O3. The van der Waals surface area contributed by atoms with Crippen molar-refractivity contribution in [2.45, 2.75) is 44.1 Å². The van der Waals surface area contributed by atoms with Gasteiger partial charge in [-0.05, 0) is 56.8 Å². The Morgan fingerprint density at radius 1 is 1.31 bits per heavy atom. The minimum Gasteiger partial charge on any atom is -0.497 e. The second kappa shape index (κ2) is 9.58. The first-order chi connectivity index (χ1) is 12.1. The molecule has 26 heavy (non-hydrogen) atoms. The van der Waals surface area contributed by atoms with Crippen molar-refractivity contribution in [3.63, 3.8) is 0 Å². The van der Waals surface area contributed by atoms with Crippen LogP contribution in [0.5, 0.6) is 5.75 Å². The van der Waals surface area contributed by atoms with Gasteiger partial charge in [0.05, 0.1) is 7.11 Å². The molecule has 2 fully saturated rings. The second-order valence-corrected chi connectivity index (χ2v) is 7.42. The van der Waals surface area contributed by atoms with Gasteiger partial charge in [0, 0.05) is 37.1 Å². The number of piperidine rings is 1. The van der Waals surface area contributed by atoms with Gasteiger partial charge in [0.15, 0.2) is 0 Å². The summed E-state index contributed by atoms with van der Waals surface area (Å²) in [5.74, 6) is 1.19. The van der Waals surface area contributed by atoms with Gasteiger partial charge >= 0.3 is 0 Å². The number of hydrogen-bond acceptors (Lipinski definition) is 4. The summed E-state index contributed by atoms with van der Waals surface area (Å²) in [6, 6.07) is 8.68. The highest BCUT2D eigenvalue weighted by Crippen LogP contribution is 2.35. The number of ether oxygens (including phenoxy) is 2. The highest BCUT2D eigenvalue weighted by molar-refractivity contribution is 5.85. The van der Waals surface area contributed by atoms with E-state index in [-0.39, 0.29) is 29.6 Å². The van der Waals surface area contributed by atoms with Gasteiger partial charge in [-0.3, -0.25) is 4.79 Å². The highest BCUT2D eigenvalue weighted by atomic mass is 35.5. The summed E-state index contributed by atoms with van der Waals surface area (Å²) < 4.78 is 10.9. The summed E-state index contributed by atoms with van der Waals surface area (Å²) >= 11 is 0. The molecule has 0 aliphatic carbocycles. The minimum absolute atomic E-state index is 0. The average Bonchev–Trinajstić information content (AvgIpc) is 2.67. The van der Waals surface area contributed by atoms with Gasteiger partial charge in [0.2, 0.25) is 5.91 Å². The van der Waals surface area contributed by atoms with Crippen molar-refractivity contribution in [2.75, 3.05) is 33.4 Å². The van der Waals surface area contributed by atoms with Crippen LogP contribution in [-0.2, 0) is 14.9 Å². The van der Waals surface area contributed by atoms with Crippen LogP contribution in [0.3, 0.4) is 0 Å². The molecule has 3 rings (SSSR count). The van der Waals surface area contributed by atoms with Gasteiger partial charge in [-0.2, -0.15) is 0 Å². The van der Waals surface area contributed by atoms with E-state index in [0.29, 0.717) is 12.6 Å². The van der Waals surface area contributed by atoms with Crippen LogP contribution in [0.15, 0.2) is 24.3 Å². The van der Waals surface area contributed by atoms with Crippen molar-refractivity contribution < 1.29 is 14.3 Å². The van der Waals surface area contributed by atoms with Crippen LogP contribution in [0, 0.1) is 5.92 Å². The molecule has 2 aliphatic rings. The lowest BCUT2D eigenvalue weighted by Crippen LogP contribution is -2.48. The Balaban J connectivity index is 0.00000243. The predicted octanol–water partition coefficient (Wildman–Crippen LogP) is 2.67. The number of benzene rings is 1. The summed E-state index contributed by atoms with van der Waals surface area (Å²) in [6.07, 6.45) is 3.71. The fourth-order valence-electron chi connectivity index (χ4n) is 4.04. The standard InChI is InChI=1S/C20H30N2O3.ClH/c1-15-13-16(7-10-21-15)19(23)22-14-20(8-11-25-12-9-20)17-3-5-18(24-2)6-4-17;/h3-6,15-16,21H,7-14H2,1-2H3,(H,22,23);1H/t15-,16-;/m0./s1. The van der Waals surface area contributed by atoms with Gasteiger partial charge in [-0.15, -0.1) is 12.4 Å². The fourth-order valence-corrected chi connectivity index (χ4v) is 4.04. The SMILES string of the molecule is COc1ccc(C2(CNC(=O)[C@H]3CCN[C@@H](C)C3)CCOCC2)cc1.Cl. The van der Waals surface area contributed by atoms with Crippen LogP contribution in [-0.4, -0.2) is 45.4 Å². The quantitative estimate of drug-likeness (QED) is 0.822. The van der Waals surface area contributed by atoms with Crippen molar-refractivity contribution >= 4 is 18.3 Å². The Bertz CT molecular complexity index is 573. The number of amides is 1. The first-order valence-corrected chi connectivity index (χ1v) is 9.36. The highest BCUT2D eigenvalue weighted by Gasteiger charge is 2.36. The second-order valence-electron chi connectivity index (χ2n) is 7.42. The predicted molar refractivity (Wildman–Crippen MR) is 105 cm³/mol. The molecule has 2 aliphatic heterocycles. The van der Waals surface area contributed by atoms with Crippen LogP contribution in [0.25, 0.3) is 0 Å². The van der Waals surface area contributed by atoms with E-state index >= 15 is 0 Å². The molecule has 0 saturated carbocycles. The molecule has 0 bridgehead atoms. The average molecular weight is 383 g/mol. The fraction of sp³-hybridized carbons (Fsp3) is 0.650. The zero-order valence-corrected chi connectivity index (χ0v) is 16.6. The van der Waals surface area contributed by atoms with E-state index in [1.165, 1.54) is 5.56 Å². The number of halogens is 1. The maximum Gasteiger partial charge on any atom is 0.223 e. The Kier molecular flexibility index (Phi) is 7.74. The molecule has 6 heteroatoms. The van der Waals surface area contributed by atoms with Crippen molar-refractivity contribution in [1.82, 2.24) is 10.6 Å². The number of carbonyl (C=O) groups is 1. The summed E-state index contributed by atoms with van der Waals surface area (Å²) in [5, 5.41) is 6.67. The third-order valence-corrected chi connectivity index (χ3v) is 5.75. The van der Waals surface area contributed by atoms with Crippen LogP contribution in [0.1, 0.15) is 38.2 Å². The van der Waals surface area contributed by atoms with E-state index in [2.05, 4.69) is 29.7 Å². The number of methoxy groups -OCH3 is 1. The molecule has 1 aromatic carbocycles. The molecule has 2 N–H and O–H groups in total. The zero-order chi connectivity index (χ0) is 17.7. The van der Waals surface area contributed by atoms with Crippen LogP contribution < -0.4 is 15.4 Å². The van der Waals surface area contributed by atoms with Crippen molar-refractivity contribution in [2.24, 2.45) is 5.92 Å². The summed E-state index contributed by atoms with van der Waals surface area (Å²) in [6.45, 7) is 5.24. The minimum atomic E-state index is -0.0429. The normalized spacial score (nSPS) is 25.0. The van der Waals surface area contributed by atoms with Crippen LogP contribution in [0.4, 0.5) is 0 Å². The molecule has 2 atom stereocenters. The molecule has 2 heterocycles. The lowest BCUT2D eigenvalue weighted by molar-refractivity contribution is -0.126. The molecule has 0 spiro atoms. The van der Waals surface area contributed by atoms with E-state index in [0.717, 1.165) is 51.2 Å². The number of hydrogen-bond donors (Lipinski definition) is 2. The Morgan fingerprint density at radius 2 is 2.00 bits per heavy atom. The van der Waals surface area contributed by atoms with Crippen LogP contribution >= 0.6 is 12.4 Å². The third kappa shape index (κ3) is 4.90. The molecule has 0 unspecified atom stereocenters. The van der Waals surface area contributed by atoms with Gasteiger partial charge < -0.3 is 20.1 Å². The summed E-state index contributed by atoms with van der Waals surface area (Å²) in [4.78, 5) is 12.7. The smallest absolute Gasteiger partial charge is 0.223 e. The van der Waals surface area contributed by atoms with Crippen molar-refractivity contribution in [3.8, 4) is 5.75 Å². The first-order valence-electron chi connectivity index (χ1n) is 9.36. The Hall–Kier alpha value is -1.30. The van der Waals surface area contributed by atoms with Crippen molar-refractivity contribution in [3.05, 3.63) is 29.8 Å². The third-order valence-electron chi connectivity index (χ3n) is 5.75. The molecular weight excluding hydrogens is 352 g/mol. The van der Waals surface area contributed by atoms with E-state index in [1.54, 1.807) is 7.11 Å². The molecule has 146 valence electrons. The molecule has 0 radical (unpaired) electrons. The van der Waals surface area contributed by atoms with Gasteiger partial charge in [-0.25, -0.2) is 0 Å². The summed E-state index contributed by atoms with van der Waals surface area (Å²) in [7, 11) is 1.68. The van der Waals surface area contributed by atoms with Crippen molar-refractivity contribution in [1.29, 1.82) is 0 Å². The van der Waals surface area contributed by atoms with Gasteiger partial charge in [-0.1, -0.05) is 12.1 Å². The number of rotatable bonds is 5. The Morgan fingerprint density at radius 3 is 2.62 bits per heavy atom. The maximum absolute atomic E-state index is 12.7. The molecule has 0 aromatic heterocycles. The first kappa shape index (κ1) is 21.0. The molecule has 2 saturated heterocycles. The molecule has 5 nitrogen and oxygen atoms in total. The summed E-state index contributed by atoms with van der Waals surface area (Å²) in [5.41, 5.74) is 1.22. The molecule has 1 aromatic rings. The topological polar surface area (TPSA) is 59.6 Å². The van der Waals surface area contributed by atoms with E-state index in [1.807, 2.05) is 12.1 Å². The van der Waals surface area contributed by atoms with Gasteiger partial charge in [0.25, 0.3) is 0 Å².